The number of rotatable bonds is 0. The van der Waals surface area contributed by atoms with Gasteiger partial charge in [-0.15, -0.1) is 0 Å². The SMILES string of the molecule is O=[Se](=O)([O-])[O-].[Cr+3].[Zn+2]. The molecule has 0 atom stereocenters. The predicted octanol–water partition coefficient (Wildman–Crippen LogP) is -3.00. The van der Waals surface area contributed by atoms with Crippen LogP contribution in [0.15, 0.2) is 0 Å². The first-order chi connectivity index (χ1) is 2.00. The van der Waals surface area contributed by atoms with Crippen LogP contribution >= 0.6 is 0 Å². The topological polar surface area (TPSA) is 80.3 Å². The molecule has 0 saturated heterocycles. The molecule has 0 fully saturated rings. The quantitative estimate of drug-likeness (QED) is 0.435. The van der Waals surface area contributed by atoms with E-state index in [-0.39, 0.29) is 36.8 Å². The Morgan fingerprint density at radius 1 is 1.14 bits per heavy atom. The van der Waals surface area contributed by atoms with Crippen molar-refractivity contribution in [3.05, 3.63) is 0 Å². The van der Waals surface area contributed by atoms with Crippen LogP contribution in [0.3, 0.4) is 0 Å². The second-order valence-electron chi connectivity index (χ2n) is 0.408. The molecule has 0 aromatic rings. The van der Waals surface area contributed by atoms with E-state index in [1.54, 1.807) is 0 Å². The minimum Gasteiger partial charge on any atom is 2.00 e. The minimum atomic E-state index is -5.75. The van der Waals surface area contributed by atoms with E-state index in [1.165, 1.54) is 0 Å². The van der Waals surface area contributed by atoms with Gasteiger partial charge in [0.2, 0.25) is 0 Å². The summed E-state index contributed by atoms with van der Waals surface area (Å²) in [6, 6.07) is 0. The Kier molecular flexibility index (Phi) is 12.0. The summed E-state index contributed by atoms with van der Waals surface area (Å²) in [4.78, 5) is 0. The summed E-state index contributed by atoms with van der Waals surface area (Å²) in [6.45, 7) is 0. The molecule has 0 aliphatic heterocycles. The molecule has 1 radical (unpaired) electrons. The van der Waals surface area contributed by atoms with E-state index in [0.717, 1.165) is 0 Å². The molecule has 7 heteroatoms. The third kappa shape index (κ3) is 136. The van der Waals surface area contributed by atoms with Crippen molar-refractivity contribution in [1.82, 2.24) is 0 Å². The van der Waals surface area contributed by atoms with E-state index < -0.39 is 13.4 Å². The standard InChI is InChI=1S/Cr.H2O4Se.Zn/c;1-5(2,3)4;/h;(H2,1,2,3,4);/q+3;;+2/p-2. The molecule has 0 unspecified atom stereocenters. The Morgan fingerprint density at radius 3 is 1.14 bits per heavy atom. The molecule has 0 aromatic carbocycles. The maximum absolute atomic E-state index is 8.59. The molecule has 0 amide bonds. The van der Waals surface area contributed by atoms with Crippen LogP contribution in [0.5, 0.6) is 0 Å². The predicted molar refractivity (Wildman–Crippen MR) is 7.13 cm³/mol. The zero-order chi connectivity index (χ0) is 4.50. The molecule has 7 heavy (non-hydrogen) atoms. The van der Waals surface area contributed by atoms with Crippen LogP contribution in [-0.4, -0.2) is 13.4 Å². The molecule has 0 saturated carbocycles. The molecule has 0 aliphatic carbocycles. The van der Waals surface area contributed by atoms with Crippen molar-refractivity contribution in [3.8, 4) is 0 Å². The van der Waals surface area contributed by atoms with Crippen molar-refractivity contribution in [2.24, 2.45) is 0 Å². The third-order valence-electron chi connectivity index (χ3n) is 0. The normalized spacial score (nSPS) is 8.29. The first-order valence-corrected chi connectivity index (χ1v) is 3.46. The monoisotopic (exact) mass is 260 g/mol. The van der Waals surface area contributed by atoms with E-state index in [9.17, 15) is 0 Å². The van der Waals surface area contributed by atoms with Crippen LogP contribution in [0.2, 0.25) is 0 Å². The summed E-state index contributed by atoms with van der Waals surface area (Å²) in [5, 5.41) is 0. The first kappa shape index (κ1) is 15.7. The maximum atomic E-state index is 8.59. The summed E-state index contributed by atoms with van der Waals surface area (Å²) in [7, 11) is 0. The van der Waals surface area contributed by atoms with E-state index in [0.29, 0.717) is 0 Å². The Bertz CT molecular complexity index is 94.9. The van der Waals surface area contributed by atoms with Crippen molar-refractivity contribution in [2.75, 3.05) is 0 Å². The van der Waals surface area contributed by atoms with Gasteiger partial charge in [-0.3, -0.25) is 0 Å². The van der Waals surface area contributed by atoms with Crippen molar-refractivity contribution in [3.63, 3.8) is 0 Å². The van der Waals surface area contributed by atoms with Gasteiger partial charge in [-0.05, 0) is 0 Å². The van der Waals surface area contributed by atoms with E-state index in [2.05, 4.69) is 0 Å². The average molecular weight is 260 g/mol. The van der Waals surface area contributed by atoms with Gasteiger partial charge >= 0.3 is 66.3 Å². The summed E-state index contributed by atoms with van der Waals surface area (Å²) in [6.07, 6.45) is 0. The van der Waals surface area contributed by atoms with Crippen LogP contribution in [0.4, 0.5) is 0 Å². The molecule has 0 aromatic heterocycles. The second kappa shape index (κ2) is 5.33. The molecule has 35 valence electrons. The Balaban J connectivity index is -0.0000000800. The van der Waals surface area contributed by atoms with Gasteiger partial charge in [0.25, 0.3) is 0 Å². The molecule has 0 rings (SSSR count). The molecule has 0 aliphatic rings. The van der Waals surface area contributed by atoms with Gasteiger partial charge in [-0.2, -0.15) is 0 Å². The van der Waals surface area contributed by atoms with Gasteiger partial charge in [-0.1, -0.05) is 0 Å². The number of hydrogen-bond donors (Lipinski definition) is 0. The minimum absolute atomic E-state index is 0. The average Bonchev–Trinajstić information content (AvgIpc) is 0.722. The fourth-order valence-corrected chi connectivity index (χ4v) is 0. The van der Waals surface area contributed by atoms with Gasteiger partial charge < -0.3 is 0 Å². The summed E-state index contributed by atoms with van der Waals surface area (Å²) in [5.41, 5.74) is 0. The fourth-order valence-electron chi connectivity index (χ4n) is 0. The van der Waals surface area contributed by atoms with Crippen LogP contribution in [0, 0.1) is 0 Å². The van der Waals surface area contributed by atoms with Crippen LogP contribution in [-0.2, 0) is 44.5 Å². The molecular formula is CrO4SeZn+3. The Labute approximate surface area is 66.1 Å². The third-order valence-corrected chi connectivity index (χ3v) is 0. The smallest absolute Gasteiger partial charge is 2.00 e. The summed E-state index contributed by atoms with van der Waals surface area (Å²) < 4.78 is 34.4. The molecule has 0 spiro atoms. The zero-order valence-corrected chi connectivity index (χ0v) is 9.11. The van der Waals surface area contributed by atoms with E-state index in [4.69, 9.17) is 16.0 Å². The van der Waals surface area contributed by atoms with Crippen LogP contribution in [0.1, 0.15) is 0 Å². The van der Waals surface area contributed by atoms with Crippen molar-refractivity contribution >= 4 is 13.4 Å². The van der Waals surface area contributed by atoms with Gasteiger partial charge in [0, 0.05) is 0 Å². The van der Waals surface area contributed by atoms with Crippen molar-refractivity contribution in [2.45, 2.75) is 0 Å². The summed E-state index contributed by atoms with van der Waals surface area (Å²) >= 11 is -5.75. The molecule has 4 nitrogen and oxygen atoms in total. The van der Waals surface area contributed by atoms with E-state index in [1.807, 2.05) is 0 Å². The number of hydrogen-bond acceptors (Lipinski definition) is 4. The summed E-state index contributed by atoms with van der Waals surface area (Å²) in [5.74, 6) is 0. The van der Waals surface area contributed by atoms with Gasteiger partial charge in [0.1, 0.15) is 0 Å². The van der Waals surface area contributed by atoms with Crippen LogP contribution < -0.4 is 8.38 Å². The molecular weight excluding hydrogens is 260 g/mol. The van der Waals surface area contributed by atoms with Crippen molar-refractivity contribution < 1.29 is 52.9 Å². The Morgan fingerprint density at radius 2 is 1.14 bits per heavy atom. The maximum Gasteiger partial charge on any atom is 3.00 e. The Hall–Kier alpha value is 1.20. The zero-order valence-electron chi connectivity index (χ0n) is 3.16. The van der Waals surface area contributed by atoms with Gasteiger partial charge in [0.05, 0.1) is 0 Å². The van der Waals surface area contributed by atoms with Crippen LogP contribution in [0.25, 0.3) is 0 Å². The van der Waals surface area contributed by atoms with Crippen molar-refractivity contribution in [1.29, 1.82) is 0 Å². The first-order valence-electron chi connectivity index (χ1n) is 0.667. The van der Waals surface area contributed by atoms with Gasteiger partial charge in [0.15, 0.2) is 0 Å². The fraction of sp³-hybridized carbons (Fsp3) is 0. The van der Waals surface area contributed by atoms with Gasteiger partial charge in [-0.25, -0.2) is 0 Å². The second-order valence-corrected chi connectivity index (χ2v) is 2.12. The largest absolute Gasteiger partial charge is 3.00 e. The molecule has 0 heterocycles. The van der Waals surface area contributed by atoms with E-state index >= 15 is 0 Å². The molecule has 0 N–H and O–H groups in total. The molecule has 0 bridgehead atoms.